The van der Waals surface area contributed by atoms with Gasteiger partial charge in [0.15, 0.2) is 11.6 Å². The summed E-state index contributed by atoms with van der Waals surface area (Å²) in [4.78, 5) is 10.2. The van der Waals surface area contributed by atoms with E-state index in [-0.39, 0.29) is 11.6 Å². The van der Waals surface area contributed by atoms with Crippen LogP contribution in [0.1, 0.15) is 12.5 Å². The number of aromatic hydroxyl groups is 1. The van der Waals surface area contributed by atoms with Gasteiger partial charge in [0.25, 0.3) is 10.0 Å². The first-order valence-corrected chi connectivity index (χ1v) is 8.18. The minimum atomic E-state index is -4.45. The standard InChI is InChI=1S/C15H14F2N2O4S/c1-8-12(18-9(2)20)4-3-5-13(8)19-24(22,23)14-7-10(16)6-11(17)15(14)21/h3-7,19,21H,1-2H3,(H,18,20). The largest absolute Gasteiger partial charge is 0.504 e. The van der Waals surface area contributed by atoms with Crippen molar-refractivity contribution in [2.45, 2.75) is 18.7 Å². The number of hydrogen-bond donors (Lipinski definition) is 3. The molecule has 0 atom stereocenters. The Hall–Kier alpha value is -2.68. The summed E-state index contributed by atoms with van der Waals surface area (Å²) in [5, 5.41) is 12.1. The molecule has 0 fully saturated rings. The van der Waals surface area contributed by atoms with Crippen molar-refractivity contribution in [3.05, 3.63) is 47.5 Å². The number of rotatable bonds is 4. The van der Waals surface area contributed by atoms with Crippen LogP contribution in [0.5, 0.6) is 5.75 Å². The SMILES string of the molecule is CC(=O)Nc1cccc(NS(=O)(=O)c2cc(F)cc(F)c2O)c1C. The Morgan fingerprint density at radius 3 is 2.42 bits per heavy atom. The highest BCUT2D eigenvalue weighted by Crippen LogP contribution is 2.30. The van der Waals surface area contributed by atoms with Gasteiger partial charge >= 0.3 is 0 Å². The number of nitrogens with one attached hydrogen (secondary N) is 2. The van der Waals surface area contributed by atoms with Crippen LogP contribution < -0.4 is 10.0 Å². The number of phenolic OH excluding ortho intramolecular Hbond substituents is 1. The molecule has 0 bridgehead atoms. The summed E-state index contributed by atoms with van der Waals surface area (Å²) in [6, 6.07) is 5.34. The highest BCUT2D eigenvalue weighted by molar-refractivity contribution is 7.92. The summed E-state index contributed by atoms with van der Waals surface area (Å²) in [6.07, 6.45) is 0. The molecule has 0 aliphatic carbocycles. The molecular formula is C15H14F2N2O4S. The molecule has 2 aromatic rings. The van der Waals surface area contributed by atoms with Gasteiger partial charge in [0, 0.05) is 18.7 Å². The van der Waals surface area contributed by atoms with Crippen LogP contribution >= 0.6 is 0 Å². The Bertz CT molecular complexity index is 914. The van der Waals surface area contributed by atoms with Gasteiger partial charge in [-0.25, -0.2) is 17.2 Å². The van der Waals surface area contributed by atoms with Crippen molar-refractivity contribution in [2.24, 2.45) is 0 Å². The summed E-state index contributed by atoms with van der Waals surface area (Å²) in [7, 11) is -4.45. The van der Waals surface area contributed by atoms with Crippen LogP contribution in [0.2, 0.25) is 0 Å². The lowest BCUT2D eigenvalue weighted by molar-refractivity contribution is -0.114. The first-order chi connectivity index (χ1) is 11.1. The van der Waals surface area contributed by atoms with Crippen molar-refractivity contribution < 1.29 is 27.1 Å². The third-order valence-corrected chi connectivity index (χ3v) is 4.55. The zero-order chi connectivity index (χ0) is 18.1. The third-order valence-electron chi connectivity index (χ3n) is 3.17. The number of carbonyl (C=O) groups excluding carboxylic acids is 1. The van der Waals surface area contributed by atoms with Crippen molar-refractivity contribution in [1.82, 2.24) is 0 Å². The minimum Gasteiger partial charge on any atom is -0.504 e. The molecule has 128 valence electrons. The van der Waals surface area contributed by atoms with E-state index < -0.39 is 32.3 Å². The predicted molar refractivity (Wildman–Crippen MR) is 84.3 cm³/mol. The monoisotopic (exact) mass is 356 g/mol. The topological polar surface area (TPSA) is 95.5 Å². The Labute approximate surface area is 137 Å². The molecular weight excluding hydrogens is 342 g/mol. The lowest BCUT2D eigenvalue weighted by Crippen LogP contribution is -2.16. The molecule has 0 saturated heterocycles. The van der Waals surface area contributed by atoms with Gasteiger partial charge in [0.2, 0.25) is 5.91 Å². The van der Waals surface area contributed by atoms with Crippen LogP contribution in [-0.4, -0.2) is 19.4 Å². The lowest BCUT2D eigenvalue weighted by Gasteiger charge is -2.14. The Morgan fingerprint density at radius 1 is 1.17 bits per heavy atom. The number of anilines is 2. The van der Waals surface area contributed by atoms with Crippen LogP contribution in [0.4, 0.5) is 20.2 Å². The zero-order valence-electron chi connectivity index (χ0n) is 12.7. The van der Waals surface area contributed by atoms with Crippen molar-refractivity contribution >= 4 is 27.3 Å². The summed E-state index contributed by atoms with van der Waals surface area (Å²) in [6.45, 7) is 2.85. The second-order valence-corrected chi connectivity index (χ2v) is 6.65. The highest BCUT2D eigenvalue weighted by atomic mass is 32.2. The first kappa shape index (κ1) is 17.7. The summed E-state index contributed by atoms with van der Waals surface area (Å²) >= 11 is 0. The van der Waals surface area contributed by atoms with E-state index in [9.17, 15) is 27.1 Å². The minimum absolute atomic E-state index is 0.0883. The summed E-state index contributed by atoms with van der Waals surface area (Å²) in [5.74, 6) is -4.06. The highest BCUT2D eigenvalue weighted by Gasteiger charge is 2.24. The van der Waals surface area contributed by atoms with Crippen molar-refractivity contribution in [3.8, 4) is 5.75 Å². The summed E-state index contributed by atoms with van der Waals surface area (Å²) in [5.41, 5.74) is 0.857. The average molecular weight is 356 g/mol. The molecule has 9 heteroatoms. The second-order valence-electron chi connectivity index (χ2n) is 5.00. The van der Waals surface area contributed by atoms with E-state index in [1.807, 2.05) is 0 Å². The van der Waals surface area contributed by atoms with E-state index in [4.69, 9.17) is 0 Å². The molecule has 0 aliphatic rings. The number of amides is 1. The normalized spacial score (nSPS) is 11.2. The maximum absolute atomic E-state index is 13.4. The first-order valence-electron chi connectivity index (χ1n) is 6.70. The number of carbonyl (C=O) groups is 1. The molecule has 6 nitrogen and oxygen atoms in total. The van der Waals surface area contributed by atoms with E-state index in [1.165, 1.54) is 19.1 Å². The van der Waals surface area contributed by atoms with Gasteiger partial charge in [-0.1, -0.05) is 6.07 Å². The predicted octanol–water partition coefficient (Wildman–Crippen LogP) is 2.74. The van der Waals surface area contributed by atoms with Crippen molar-refractivity contribution in [3.63, 3.8) is 0 Å². The fourth-order valence-corrected chi connectivity index (χ4v) is 3.26. The van der Waals surface area contributed by atoms with E-state index in [0.29, 0.717) is 23.4 Å². The fraction of sp³-hybridized carbons (Fsp3) is 0.133. The molecule has 24 heavy (non-hydrogen) atoms. The second kappa shape index (κ2) is 6.44. The van der Waals surface area contributed by atoms with Crippen LogP contribution in [-0.2, 0) is 14.8 Å². The van der Waals surface area contributed by atoms with Crippen molar-refractivity contribution in [1.29, 1.82) is 0 Å². The molecule has 2 rings (SSSR count). The van der Waals surface area contributed by atoms with Gasteiger partial charge in [-0.3, -0.25) is 9.52 Å². The maximum atomic E-state index is 13.4. The van der Waals surface area contributed by atoms with Gasteiger partial charge in [-0.15, -0.1) is 0 Å². The quantitative estimate of drug-likeness (QED) is 0.785. The zero-order valence-corrected chi connectivity index (χ0v) is 13.5. The van der Waals surface area contributed by atoms with Gasteiger partial charge < -0.3 is 10.4 Å². The number of sulfonamides is 1. The Balaban J connectivity index is 2.46. The van der Waals surface area contributed by atoms with Crippen molar-refractivity contribution in [2.75, 3.05) is 10.0 Å². The molecule has 3 N–H and O–H groups in total. The number of halogens is 2. The molecule has 0 aromatic heterocycles. The smallest absolute Gasteiger partial charge is 0.265 e. The number of benzene rings is 2. The lowest BCUT2D eigenvalue weighted by atomic mass is 10.1. The van der Waals surface area contributed by atoms with Crippen LogP contribution in [0.3, 0.4) is 0 Å². The molecule has 0 saturated carbocycles. The van der Waals surface area contributed by atoms with E-state index in [1.54, 1.807) is 13.0 Å². The molecule has 0 heterocycles. The molecule has 0 aliphatic heterocycles. The fourth-order valence-electron chi connectivity index (χ4n) is 2.02. The van der Waals surface area contributed by atoms with E-state index in [2.05, 4.69) is 10.0 Å². The maximum Gasteiger partial charge on any atom is 0.265 e. The van der Waals surface area contributed by atoms with E-state index in [0.717, 1.165) is 0 Å². The number of hydrogen-bond acceptors (Lipinski definition) is 4. The van der Waals surface area contributed by atoms with Gasteiger partial charge in [0.05, 0.1) is 5.69 Å². The van der Waals surface area contributed by atoms with Gasteiger partial charge in [0.1, 0.15) is 10.7 Å². The van der Waals surface area contributed by atoms with E-state index >= 15 is 0 Å². The number of phenols is 1. The Morgan fingerprint density at radius 2 is 1.79 bits per heavy atom. The van der Waals surface area contributed by atoms with Crippen LogP contribution in [0, 0.1) is 18.6 Å². The molecule has 1 amide bonds. The Kier molecular flexibility index (Phi) is 4.74. The van der Waals surface area contributed by atoms with Crippen LogP contribution in [0.25, 0.3) is 0 Å². The third kappa shape index (κ3) is 3.62. The van der Waals surface area contributed by atoms with Gasteiger partial charge in [-0.2, -0.15) is 0 Å². The summed E-state index contributed by atoms with van der Waals surface area (Å²) < 4.78 is 53.4. The molecule has 0 spiro atoms. The van der Waals surface area contributed by atoms with Gasteiger partial charge in [-0.05, 0) is 30.7 Å². The molecule has 2 aromatic carbocycles. The average Bonchev–Trinajstić information content (AvgIpc) is 2.46. The van der Waals surface area contributed by atoms with Crippen LogP contribution in [0.15, 0.2) is 35.2 Å². The molecule has 0 radical (unpaired) electrons. The molecule has 0 unspecified atom stereocenters.